The summed E-state index contributed by atoms with van der Waals surface area (Å²) >= 11 is 17.9. The number of alkyl carbamates (subject to hydrolysis) is 1. The highest BCUT2D eigenvalue weighted by molar-refractivity contribution is 6.68. The van der Waals surface area contributed by atoms with Crippen LogP contribution in [0.2, 0.25) is 0 Å². The molecule has 14 heteroatoms. The topological polar surface area (TPSA) is 130 Å². The van der Waals surface area contributed by atoms with Crippen LogP contribution in [0.5, 0.6) is 11.5 Å². The maximum absolute atomic E-state index is 12.2. The Morgan fingerprint density at radius 3 is 2.81 bits per heavy atom. The molecule has 0 bridgehead atoms. The van der Waals surface area contributed by atoms with Crippen molar-refractivity contribution in [1.82, 2.24) is 20.2 Å². The Balaban J connectivity index is 1.50. The number of benzene rings is 1. The van der Waals surface area contributed by atoms with Gasteiger partial charge in [0.05, 0.1) is 0 Å². The van der Waals surface area contributed by atoms with E-state index in [0.29, 0.717) is 17.3 Å². The summed E-state index contributed by atoms with van der Waals surface area (Å²) in [7, 11) is 0. The molecular weight excluding hydrogens is 489 g/mol. The molecule has 0 radical (unpaired) electrons. The zero-order chi connectivity index (χ0) is 23.3. The van der Waals surface area contributed by atoms with Gasteiger partial charge in [-0.2, -0.15) is 0 Å². The summed E-state index contributed by atoms with van der Waals surface area (Å²) < 4.78 is 15.9. The van der Waals surface area contributed by atoms with E-state index < -0.39 is 21.0 Å². The first-order valence-corrected chi connectivity index (χ1v) is 10.6. The second-order valence-corrected chi connectivity index (χ2v) is 9.10. The summed E-state index contributed by atoms with van der Waals surface area (Å²) in [5, 5.41) is 16.3. The van der Waals surface area contributed by atoms with E-state index in [2.05, 4.69) is 15.6 Å². The number of carbonyl (C=O) groups excluding carboxylic acids is 1. The van der Waals surface area contributed by atoms with Gasteiger partial charge in [0.25, 0.3) is 0 Å². The predicted molar refractivity (Wildman–Crippen MR) is 117 cm³/mol. The van der Waals surface area contributed by atoms with Crippen LogP contribution < -0.4 is 20.1 Å². The average molecular weight is 509 g/mol. The molecule has 1 aliphatic rings. The van der Waals surface area contributed by atoms with Crippen molar-refractivity contribution in [3.8, 4) is 11.5 Å². The molecule has 2 atom stereocenters. The molecule has 0 saturated heterocycles. The Morgan fingerprint density at radius 1 is 1.41 bits per heavy atom. The van der Waals surface area contributed by atoms with E-state index in [4.69, 9.17) is 49.0 Å². The zero-order valence-electron chi connectivity index (χ0n) is 16.8. The maximum Gasteiger partial charge on any atom is 0.408 e. The smallest absolute Gasteiger partial charge is 0.408 e. The number of nitro groups is 1. The fourth-order valence-corrected chi connectivity index (χ4v) is 3.32. The minimum absolute atomic E-state index is 0.0358. The number of alkyl halides is 3. The Bertz CT molecular complexity index is 967. The van der Waals surface area contributed by atoms with Gasteiger partial charge in [-0.15, -0.1) is 0 Å². The molecule has 0 unspecified atom stereocenters. The number of nitrogens with one attached hydrogen (secondary N) is 2. The summed E-state index contributed by atoms with van der Waals surface area (Å²) in [6, 6.07) is 7.22. The first-order valence-electron chi connectivity index (χ1n) is 9.43. The summed E-state index contributed by atoms with van der Waals surface area (Å²) in [5.74, 6) is 1.44. The number of hydrogen-bond acceptors (Lipinski definition) is 8. The van der Waals surface area contributed by atoms with Crippen molar-refractivity contribution in [2.24, 2.45) is 0 Å². The second-order valence-electron chi connectivity index (χ2n) is 6.73. The largest absolute Gasteiger partial charge is 0.486 e. The maximum atomic E-state index is 12.2. The van der Waals surface area contributed by atoms with Gasteiger partial charge in [0.15, 0.2) is 17.3 Å². The molecule has 2 heterocycles. The molecule has 2 aromatic rings. The number of halogens is 3. The number of rotatable bonds is 8. The van der Waals surface area contributed by atoms with Crippen molar-refractivity contribution in [2.45, 2.75) is 29.5 Å². The molecule has 174 valence electrons. The molecule has 0 spiro atoms. The standard InChI is InChI=1S/C18H20Cl3N5O6/c1-11-22-9-15(26(28)29)25(11)6-7-30-17(27)24-16(18(19,20)21)23-8-12-10-31-13-4-2-3-5-14(13)32-12/h2-5,9,12,16,23H,6-8,10H2,1H3,(H,24,27)/t12-,16-/m0/s1. The third-order valence-electron chi connectivity index (χ3n) is 4.48. The van der Waals surface area contributed by atoms with Gasteiger partial charge in [-0.25, -0.2) is 14.3 Å². The van der Waals surface area contributed by atoms with E-state index in [1.807, 2.05) is 12.1 Å². The van der Waals surface area contributed by atoms with Crippen LogP contribution in [0, 0.1) is 17.0 Å². The number of hydrogen-bond donors (Lipinski definition) is 2. The highest BCUT2D eigenvalue weighted by Gasteiger charge is 2.35. The molecular formula is C18H20Cl3N5O6. The molecule has 0 aliphatic carbocycles. The fraction of sp³-hybridized carbons (Fsp3) is 0.444. The van der Waals surface area contributed by atoms with E-state index in [1.165, 1.54) is 4.57 Å². The number of fused-ring (bicyclic) bond motifs is 1. The van der Waals surface area contributed by atoms with Gasteiger partial charge >= 0.3 is 11.9 Å². The summed E-state index contributed by atoms with van der Waals surface area (Å²) in [4.78, 5) is 26.5. The van der Waals surface area contributed by atoms with E-state index in [1.54, 1.807) is 19.1 Å². The monoisotopic (exact) mass is 507 g/mol. The van der Waals surface area contributed by atoms with Crippen LogP contribution in [0.15, 0.2) is 30.5 Å². The Kier molecular flexibility index (Phi) is 7.88. The van der Waals surface area contributed by atoms with Crippen LogP contribution in [0.25, 0.3) is 0 Å². The van der Waals surface area contributed by atoms with Crippen LogP contribution in [0.4, 0.5) is 10.6 Å². The Hall–Kier alpha value is -2.47. The molecule has 11 nitrogen and oxygen atoms in total. The van der Waals surface area contributed by atoms with Gasteiger partial charge in [0, 0.05) is 13.5 Å². The normalized spacial score (nSPS) is 16.3. The SMILES string of the molecule is Cc1ncc([N+](=O)[O-])n1CCOC(=O)N[C@H](NC[C@H]1COc2ccccc2O1)C(Cl)(Cl)Cl. The molecule has 2 N–H and O–H groups in total. The molecule has 0 saturated carbocycles. The van der Waals surface area contributed by atoms with Crippen LogP contribution >= 0.6 is 34.8 Å². The van der Waals surface area contributed by atoms with E-state index in [9.17, 15) is 14.9 Å². The predicted octanol–water partition coefficient (Wildman–Crippen LogP) is 2.95. The molecule has 1 aromatic heterocycles. The Morgan fingerprint density at radius 2 is 2.12 bits per heavy atom. The van der Waals surface area contributed by atoms with Crippen molar-refractivity contribution in [3.63, 3.8) is 0 Å². The van der Waals surface area contributed by atoms with Gasteiger partial charge < -0.3 is 29.6 Å². The highest BCUT2D eigenvalue weighted by atomic mass is 35.6. The number of amides is 1. The van der Waals surface area contributed by atoms with Crippen molar-refractivity contribution in [1.29, 1.82) is 0 Å². The number of aryl methyl sites for hydroxylation is 1. The minimum Gasteiger partial charge on any atom is -0.486 e. The number of aromatic nitrogens is 2. The zero-order valence-corrected chi connectivity index (χ0v) is 19.1. The molecule has 1 aliphatic heterocycles. The highest BCUT2D eigenvalue weighted by Crippen LogP contribution is 2.32. The van der Waals surface area contributed by atoms with Crippen LogP contribution in [0.3, 0.4) is 0 Å². The van der Waals surface area contributed by atoms with E-state index in [0.717, 1.165) is 6.20 Å². The van der Waals surface area contributed by atoms with Crippen molar-refractivity contribution >= 4 is 46.7 Å². The number of carbonyl (C=O) groups is 1. The van der Waals surface area contributed by atoms with E-state index >= 15 is 0 Å². The van der Waals surface area contributed by atoms with Gasteiger partial charge in [-0.1, -0.05) is 46.9 Å². The van der Waals surface area contributed by atoms with Crippen LogP contribution in [-0.2, 0) is 11.3 Å². The quantitative estimate of drug-likeness (QED) is 0.241. The molecule has 1 aromatic carbocycles. The third-order valence-corrected chi connectivity index (χ3v) is 5.13. The second kappa shape index (κ2) is 10.4. The summed E-state index contributed by atoms with van der Waals surface area (Å²) in [5.41, 5.74) is 0. The lowest BCUT2D eigenvalue weighted by atomic mass is 10.2. The van der Waals surface area contributed by atoms with Crippen LogP contribution in [-0.4, -0.2) is 56.4 Å². The third kappa shape index (κ3) is 6.28. The molecule has 32 heavy (non-hydrogen) atoms. The van der Waals surface area contributed by atoms with Gasteiger partial charge in [0.1, 0.15) is 38.2 Å². The fourth-order valence-electron chi connectivity index (χ4n) is 2.93. The van der Waals surface area contributed by atoms with E-state index in [-0.39, 0.29) is 38.2 Å². The average Bonchev–Trinajstić information content (AvgIpc) is 3.11. The number of imidazole rings is 1. The summed E-state index contributed by atoms with van der Waals surface area (Å²) in [6.45, 7) is 1.95. The lowest BCUT2D eigenvalue weighted by Gasteiger charge is -2.30. The number of ether oxygens (including phenoxy) is 3. The van der Waals surface area contributed by atoms with Gasteiger partial charge in [0.2, 0.25) is 3.79 Å². The molecule has 1 amide bonds. The van der Waals surface area contributed by atoms with Crippen molar-refractivity contribution in [3.05, 3.63) is 46.4 Å². The first-order chi connectivity index (χ1) is 15.1. The Labute approximate surface area is 198 Å². The van der Waals surface area contributed by atoms with Crippen molar-refractivity contribution < 1.29 is 23.9 Å². The number of para-hydroxylation sites is 2. The number of nitrogens with zero attached hydrogens (tertiary/aromatic N) is 3. The minimum atomic E-state index is -1.90. The summed E-state index contributed by atoms with van der Waals surface area (Å²) in [6.07, 6.45) is -1.24. The van der Waals surface area contributed by atoms with Crippen LogP contribution in [0.1, 0.15) is 5.82 Å². The lowest BCUT2D eigenvalue weighted by molar-refractivity contribution is -0.392. The lowest BCUT2D eigenvalue weighted by Crippen LogP contribution is -2.56. The van der Waals surface area contributed by atoms with Gasteiger partial charge in [-0.05, 0) is 17.1 Å². The van der Waals surface area contributed by atoms with Crippen molar-refractivity contribution in [2.75, 3.05) is 19.8 Å². The van der Waals surface area contributed by atoms with Gasteiger partial charge in [-0.3, -0.25) is 5.32 Å². The first kappa shape index (κ1) is 24.2. The molecule has 3 rings (SSSR count). The molecule has 0 fully saturated rings.